The molecule has 1 spiro atoms. The van der Waals surface area contributed by atoms with Crippen LogP contribution in [0.1, 0.15) is 91.0 Å². The van der Waals surface area contributed by atoms with E-state index in [1.54, 1.807) is 6.20 Å². The van der Waals surface area contributed by atoms with E-state index in [0.29, 0.717) is 18.5 Å². The Labute approximate surface area is 288 Å². The zero-order valence-corrected chi connectivity index (χ0v) is 29.3. The van der Waals surface area contributed by atoms with E-state index in [0.717, 1.165) is 42.1 Å². The number of Topliss-reactive ketones (excluding diaryl/α,β-unsaturated/α-hetero) is 1. The average molecular weight is 675 g/mol. The van der Waals surface area contributed by atoms with Crippen LogP contribution in [0.25, 0.3) is 16.6 Å². The van der Waals surface area contributed by atoms with Crippen LogP contribution in [0, 0.1) is 11.3 Å². The maximum Gasteiger partial charge on any atom is 0.289 e. The molecule has 0 unspecified atom stereocenters. The van der Waals surface area contributed by atoms with Crippen molar-refractivity contribution < 1.29 is 28.8 Å². The van der Waals surface area contributed by atoms with Crippen molar-refractivity contribution >= 4 is 46.0 Å². The summed E-state index contributed by atoms with van der Waals surface area (Å²) >= 11 is 0. The number of carbonyl (C=O) groups excluding carboxylic acids is 5. The lowest BCUT2D eigenvalue weighted by Gasteiger charge is -2.36. The van der Waals surface area contributed by atoms with E-state index in [-0.39, 0.29) is 31.2 Å². The van der Waals surface area contributed by atoms with E-state index in [9.17, 15) is 24.0 Å². The van der Waals surface area contributed by atoms with E-state index in [2.05, 4.69) is 26.4 Å². The number of nitrogens with one attached hydrogen (secondary N) is 4. The summed E-state index contributed by atoms with van der Waals surface area (Å²) in [5.74, 6) is -2.43. The zero-order chi connectivity index (χ0) is 35.3. The summed E-state index contributed by atoms with van der Waals surface area (Å²) in [4.78, 5) is 79.5. The number of pyridine rings is 1. The number of benzene rings is 1. The number of likely N-dealkylation sites (tertiary alicyclic amines) is 1. The summed E-state index contributed by atoms with van der Waals surface area (Å²) in [5.41, 5.74) is 3.49. The lowest BCUT2D eigenvalue weighted by atomic mass is 9.84. The van der Waals surface area contributed by atoms with Gasteiger partial charge in [-0.3, -0.25) is 39.3 Å². The fraction of sp³-hybridized carbons (Fsp3) is 0.568. The molecule has 1 saturated heterocycles. The van der Waals surface area contributed by atoms with Gasteiger partial charge in [-0.1, -0.05) is 77.6 Å². The molecule has 12 nitrogen and oxygen atoms in total. The van der Waals surface area contributed by atoms with Gasteiger partial charge < -0.3 is 20.9 Å². The number of hydroxylamine groups is 1. The topological polar surface area (TPSA) is 159 Å². The number of amides is 4. The first kappa shape index (κ1) is 36.0. The summed E-state index contributed by atoms with van der Waals surface area (Å²) in [7, 11) is 1.36. The molecule has 4 amide bonds. The average Bonchev–Trinajstić information content (AvgIpc) is 3.69. The minimum Gasteiger partial charge on any atom is -0.353 e. The monoisotopic (exact) mass is 674 g/mol. The molecular weight excluding hydrogens is 624 g/mol. The van der Waals surface area contributed by atoms with E-state index in [1.807, 2.05) is 64.1 Å². The van der Waals surface area contributed by atoms with Gasteiger partial charge in [-0.15, -0.1) is 0 Å². The minimum atomic E-state index is -1.09. The van der Waals surface area contributed by atoms with E-state index in [4.69, 9.17) is 4.84 Å². The van der Waals surface area contributed by atoms with Crippen molar-refractivity contribution in [2.75, 3.05) is 13.6 Å². The molecule has 1 aliphatic carbocycles. The van der Waals surface area contributed by atoms with Gasteiger partial charge in [-0.05, 0) is 42.7 Å². The SMILES string of the molecule is CCC[C@H](NC(=O)[C@@H]1C[C@]2(C=C(c3cccc4cccnc34)NO2)CN1C(=O)[C@@H](NC(=O)CC1CCCCC1)C(C)(C)C)C(=O)C(=O)NC. The Morgan fingerprint density at radius 1 is 1.06 bits per heavy atom. The lowest BCUT2D eigenvalue weighted by molar-refractivity contribution is -0.145. The molecule has 2 fully saturated rings. The molecule has 2 aliphatic heterocycles. The van der Waals surface area contributed by atoms with Crippen LogP contribution in [0.15, 0.2) is 42.6 Å². The van der Waals surface area contributed by atoms with Crippen molar-refractivity contribution in [1.82, 2.24) is 31.3 Å². The highest BCUT2D eigenvalue weighted by Gasteiger charge is 2.54. The maximum absolute atomic E-state index is 14.6. The van der Waals surface area contributed by atoms with Crippen molar-refractivity contribution in [2.45, 2.75) is 109 Å². The van der Waals surface area contributed by atoms with Crippen molar-refractivity contribution in [2.24, 2.45) is 11.3 Å². The number of nitrogens with zero attached hydrogens (tertiary/aromatic N) is 2. The summed E-state index contributed by atoms with van der Waals surface area (Å²) in [5, 5.41) is 9.08. The third kappa shape index (κ3) is 8.12. The second-order valence-corrected chi connectivity index (χ2v) is 14.8. The highest BCUT2D eigenvalue weighted by atomic mass is 16.7. The number of fused-ring (bicyclic) bond motifs is 1. The maximum atomic E-state index is 14.6. The van der Waals surface area contributed by atoms with Gasteiger partial charge in [0.1, 0.15) is 17.7 Å². The number of carbonyl (C=O) groups is 5. The standard InChI is InChI=1S/C37H50N6O6/c1-6-12-26(31(45)34(47)38-5)40-33(46)28-21-37(20-27(42-49-37)25-17-10-15-24-16-11-18-39-30(24)25)22-43(28)35(48)32(36(2,3)4)41-29(44)19-23-13-8-7-9-14-23/h10-11,15-18,20,23,26,28,32,42H,6-9,12-14,19,21-22H2,1-5H3,(H,38,47)(H,40,46)(H,41,44)/t26-,28-,32+,37+/m0/s1. The molecule has 49 heavy (non-hydrogen) atoms. The molecule has 264 valence electrons. The smallest absolute Gasteiger partial charge is 0.289 e. The highest BCUT2D eigenvalue weighted by Crippen LogP contribution is 2.40. The van der Waals surface area contributed by atoms with Crippen LogP contribution in [-0.4, -0.2) is 76.6 Å². The van der Waals surface area contributed by atoms with Gasteiger partial charge in [-0.25, -0.2) is 0 Å². The predicted molar refractivity (Wildman–Crippen MR) is 185 cm³/mol. The second kappa shape index (κ2) is 15.1. The van der Waals surface area contributed by atoms with E-state index < -0.39 is 52.6 Å². The summed E-state index contributed by atoms with van der Waals surface area (Å²) in [6, 6.07) is 6.62. The van der Waals surface area contributed by atoms with Crippen LogP contribution in [0.5, 0.6) is 0 Å². The van der Waals surface area contributed by atoms with Crippen LogP contribution < -0.4 is 21.4 Å². The molecule has 5 rings (SSSR count). The number of ketones is 1. The molecule has 4 atom stereocenters. The van der Waals surface area contributed by atoms with Crippen LogP contribution in [-0.2, 0) is 28.8 Å². The number of rotatable bonds is 11. The summed E-state index contributed by atoms with van der Waals surface area (Å²) in [6.45, 7) is 7.53. The molecule has 2 aromatic rings. The molecule has 3 aliphatic rings. The third-order valence-corrected chi connectivity index (χ3v) is 9.91. The normalized spacial score (nSPS) is 22.3. The van der Waals surface area contributed by atoms with E-state index >= 15 is 0 Å². The first-order chi connectivity index (χ1) is 23.4. The Balaban J connectivity index is 1.46. The molecule has 4 N–H and O–H groups in total. The number of hydrogen-bond donors (Lipinski definition) is 4. The minimum absolute atomic E-state index is 0.0194. The molecule has 1 aromatic carbocycles. The number of hydrogen-bond acceptors (Lipinski definition) is 8. The van der Waals surface area contributed by atoms with Gasteiger partial charge >= 0.3 is 0 Å². The summed E-state index contributed by atoms with van der Waals surface area (Å²) < 4.78 is 0. The van der Waals surface area contributed by atoms with Crippen molar-refractivity contribution in [3.63, 3.8) is 0 Å². The number of aromatic nitrogens is 1. The Morgan fingerprint density at radius 2 is 1.80 bits per heavy atom. The Morgan fingerprint density at radius 3 is 2.49 bits per heavy atom. The largest absolute Gasteiger partial charge is 0.353 e. The van der Waals surface area contributed by atoms with Crippen LogP contribution in [0.3, 0.4) is 0 Å². The molecule has 3 heterocycles. The van der Waals surface area contributed by atoms with Gasteiger partial charge in [0.05, 0.1) is 23.8 Å². The molecule has 0 radical (unpaired) electrons. The summed E-state index contributed by atoms with van der Waals surface area (Å²) in [6.07, 6.45) is 10.2. The lowest BCUT2D eigenvalue weighted by Crippen LogP contribution is -2.59. The van der Waals surface area contributed by atoms with Crippen molar-refractivity contribution in [3.05, 3.63) is 48.2 Å². The molecule has 12 heteroatoms. The Hall–Kier alpha value is -4.32. The Bertz CT molecular complexity index is 1610. The second-order valence-electron chi connectivity index (χ2n) is 14.8. The molecular formula is C37H50N6O6. The quantitative estimate of drug-likeness (QED) is 0.264. The molecule has 0 bridgehead atoms. The van der Waals surface area contributed by atoms with Crippen molar-refractivity contribution in [1.29, 1.82) is 0 Å². The van der Waals surface area contributed by atoms with Crippen LogP contribution >= 0.6 is 0 Å². The van der Waals surface area contributed by atoms with Crippen LogP contribution in [0.4, 0.5) is 0 Å². The molecule has 1 aromatic heterocycles. The van der Waals surface area contributed by atoms with E-state index in [1.165, 1.54) is 18.4 Å². The van der Waals surface area contributed by atoms with Gasteiger partial charge in [0.25, 0.3) is 5.91 Å². The van der Waals surface area contributed by atoms with Gasteiger partial charge in [-0.2, -0.15) is 0 Å². The van der Waals surface area contributed by atoms with Crippen molar-refractivity contribution in [3.8, 4) is 0 Å². The fourth-order valence-electron chi connectivity index (χ4n) is 7.27. The first-order valence-corrected chi connectivity index (χ1v) is 17.5. The number of para-hydroxylation sites is 1. The first-order valence-electron chi connectivity index (χ1n) is 17.5. The third-order valence-electron chi connectivity index (χ3n) is 9.91. The van der Waals surface area contributed by atoms with Gasteiger partial charge in [0.2, 0.25) is 23.5 Å². The highest BCUT2D eigenvalue weighted by molar-refractivity contribution is 6.38. The Kier molecular flexibility index (Phi) is 11.1. The molecule has 1 saturated carbocycles. The van der Waals surface area contributed by atoms with Gasteiger partial charge in [0, 0.05) is 37.0 Å². The number of likely N-dealkylation sites (N-methyl/N-ethyl adjacent to an activating group) is 1. The van der Waals surface area contributed by atoms with Crippen LogP contribution in [0.2, 0.25) is 0 Å². The zero-order valence-electron chi connectivity index (χ0n) is 29.3. The predicted octanol–water partition coefficient (Wildman–Crippen LogP) is 3.55. The van der Waals surface area contributed by atoms with Gasteiger partial charge in [0.15, 0.2) is 0 Å². The fourth-order valence-corrected chi connectivity index (χ4v) is 7.27.